The number of hydrogen-bond donors (Lipinski definition) is 1. The van der Waals surface area contributed by atoms with Crippen molar-refractivity contribution in [3.63, 3.8) is 0 Å². The second-order valence-corrected chi connectivity index (χ2v) is 5.49. The number of ether oxygens (including phenoxy) is 1. The summed E-state index contributed by atoms with van der Waals surface area (Å²) in [4.78, 5) is 0. The summed E-state index contributed by atoms with van der Waals surface area (Å²) >= 11 is 0. The first-order valence-electron chi connectivity index (χ1n) is 5.17. The molecule has 1 aromatic carbocycles. The van der Waals surface area contributed by atoms with Crippen LogP contribution in [0.15, 0.2) is 24.3 Å². The lowest BCUT2D eigenvalue weighted by molar-refractivity contribution is 0.414. The minimum atomic E-state index is -3.09. The highest BCUT2D eigenvalue weighted by Gasteiger charge is 2.05. The monoisotopic (exact) mass is 243 g/mol. The topological polar surface area (TPSA) is 55.4 Å². The van der Waals surface area contributed by atoms with Gasteiger partial charge in [-0.15, -0.1) is 0 Å². The molecular formula is C11H17NO3S. The Balaban J connectivity index is 2.49. The lowest BCUT2D eigenvalue weighted by Gasteiger charge is -2.06. The number of benzene rings is 1. The van der Waals surface area contributed by atoms with E-state index in [-0.39, 0.29) is 5.75 Å². The van der Waals surface area contributed by atoms with Crippen molar-refractivity contribution in [3.05, 3.63) is 29.8 Å². The van der Waals surface area contributed by atoms with Gasteiger partial charge in [0.15, 0.2) is 0 Å². The second-order valence-electron chi connectivity index (χ2n) is 3.40. The molecule has 0 amide bonds. The summed E-state index contributed by atoms with van der Waals surface area (Å²) in [6.07, 6.45) is 0.663. The molecule has 5 heteroatoms. The maximum atomic E-state index is 11.2. The SMILES string of the molecule is CCS(=O)(=O)NCCc1cccc(OC)c1. The van der Waals surface area contributed by atoms with Gasteiger partial charge >= 0.3 is 0 Å². The molecular weight excluding hydrogens is 226 g/mol. The molecule has 0 bridgehead atoms. The van der Waals surface area contributed by atoms with Gasteiger partial charge in [-0.25, -0.2) is 13.1 Å². The van der Waals surface area contributed by atoms with Gasteiger partial charge in [-0.3, -0.25) is 0 Å². The molecule has 1 rings (SSSR count). The highest BCUT2D eigenvalue weighted by Crippen LogP contribution is 2.12. The van der Waals surface area contributed by atoms with E-state index in [1.165, 1.54) is 0 Å². The zero-order valence-electron chi connectivity index (χ0n) is 9.56. The summed E-state index contributed by atoms with van der Waals surface area (Å²) in [5, 5.41) is 0. The van der Waals surface area contributed by atoms with Gasteiger partial charge in [0.25, 0.3) is 0 Å². The number of hydrogen-bond acceptors (Lipinski definition) is 3. The van der Waals surface area contributed by atoms with Crippen molar-refractivity contribution in [2.45, 2.75) is 13.3 Å². The Bertz CT molecular complexity index is 429. The molecule has 0 saturated heterocycles. The fourth-order valence-electron chi connectivity index (χ4n) is 1.28. The zero-order chi connectivity index (χ0) is 12.0. The summed E-state index contributed by atoms with van der Waals surface area (Å²) in [5.74, 6) is 0.904. The van der Waals surface area contributed by atoms with Gasteiger partial charge in [0, 0.05) is 6.54 Å². The number of methoxy groups -OCH3 is 1. The predicted molar refractivity (Wildman–Crippen MR) is 64.2 cm³/mol. The molecule has 0 radical (unpaired) electrons. The second kappa shape index (κ2) is 5.86. The number of nitrogens with one attached hydrogen (secondary N) is 1. The minimum absolute atomic E-state index is 0.116. The predicted octanol–water partition coefficient (Wildman–Crippen LogP) is 1.18. The summed E-state index contributed by atoms with van der Waals surface area (Å²) in [5.41, 5.74) is 1.05. The molecule has 0 saturated carbocycles. The van der Waals surface area contributed by atoms with Crippen LogP contribution >= 0.6 is 0 Å². The lowest BCUT2D eigenvalue weighted by atomic mass is 10.1. The summed E-state index contributed by atoms with van der Waals surface area (Å²) in [6, 6.07) is 7.60. The Labute approximate surface area is 96.7 Å². The van der Waals surface area contributed by atoms with Crippen LogP contribution in [0.1, 0.15) is 12.5 Å². The molecule has 90 valence electrons. The van der Waals surface area contributed by atoms with Crippen molar-refractivity contribution in [1.29, 1.82) is 0 Å². The largest absolute Gasteiger partial charge is 0.497 e. The molecule has 0 aliphatic heterocycles. The van der Waals surface area contributed by atoms with E-state index in [1.54, 1.807) is 14.0 Å². The van der Waals surface area contributed by atoms with E-state index >= 15 is 0 Å². The highest BCUT2D eigenvalue weighted by atomic mass is 32.2. The van der Waals surface area contributed by atoms with Gasteiger partial charge in [0.1, 0.15) is 5.75 Å². The first-order chi connectivity index (χ1) is 7.57. The normalized spacial score (nSPS) is 11.4. The Morgan fingerprint density at radius 3 is 2.75 bits per heavy atom. The third-order valence-electron chi connectivity index (χ3n) is 2.25. The van der Waals surface area contributed by atoms with Gasteiger partial charge in [0.05, 0.1) is 12.9 Å². The number of rotatable bonds is 6. The molecule has 1 aromatic rings. The van der Waals surface area contributed by atoms with Crippen LogP contribution in [0.5, 0.6) is 5.75 Å². The summed E-state index contributed by atoms with van der Waals surface area (Å²) in [6.45, 7) is 2.04. The van der Waals surface area contributed by atoms with Crippen LogP contribution in [0.25, 0.3) is 0 Å². The van der Waals surface area contributed by atoms with Crippen molar-refractivity contribution in [3.8, 4) is 5.75 Å². The third-order valence-corrected chi connectivity index (χ3v) is 3.65. The molecule has 0 aliphatic carbocycles. The Morgan fingerprint density at radius 1 is 1.38 bits per heavy atom. The smallest absolute Gasteiger partial charge is 0.211 e. The van der Waals surface area contributed by atoms with Gasteiger partial charge < -0.3 is 4.74 Å². The quantitative estimate of drug-likeness (QED) is 0.816. The van der Waals surface area contributed by atoms with Crippen LogP contribution in [-0.2, 0) is 16.4 Å². The van der Waals surface area contributed by atoms with Crippen LogP contribution in [-0.4, -0.2) is 27.8 Å². The summed E-state index contributed by atoms with van der Waals surface area (Å²) in [7, 11) is -1.48. The van der Waals surface area contributed by atoms with Crippen molar-refractivity contribution < 1.29 is 13.2 Å². The van der Waals surface area contributed by atoms with E-state index in [2.05, 4.69) is 4.72 Å². The maximum absolute atomic E-state index is 11.2. The average molecular weight is 243 g/mol. The van der Waals surface area contributed by atoms with Crippen molar-refractivity contribution >= 4 is 10.0 Å². The fraction of sp³-hybridized carbons (Fsp3) is 0.455. The Morgan fingerprint density at radius 2 is 2.12 bits per heavy atom. The molecule has 4 nitrogen and oxygen atoms in total. The zero-order valence-corrected chi connectivity index (χ0v) is 10.4. The van der Waals surface area contributed by atoms with E-state index in [1.807, 2.05) is 24.3 Å². The Kier molecular flexibility index (Phi) is 4.76. The van der Waals surface area contributed by atoms with Crippen LogP contribution in [0.2, 0.25) is 0 Å². The van der Waals surface area contributed by atoms with E-state index in [9.17, 15) is 8.42 Å². The average Bonchev–Trinajstić information content (AvgIpc) is 2.29. The highest BCUT2D eigenvalue weighted by molar-refractivity contribution is 7.89. The van der Waals surface area contributed by atoms with E-state index in [4.69, 9.17) is 4.74 Å². The molecule has 0 unspecified atom stereocenters. The van der Waals surface area contributed by atoms with Crippen LogP contribution in [0.4, 0.5) is 0 Å². The molecule has 0 fully saturated rings. The first-order valence-corrected chi connectivity index (χ1v) is 6.83. The van der Waals surface area contributed by atoms with Crippen molar-refractivity contribution in [2.75, 3.05) is 19.4 Å². The number of sulfonamides is 1. The van der Waals surface area contributed by atoms with Crippen LogP contribution in [0.3, 0.4) is 0 Å². The van der Waals surface area contributed by atoms with Crippen molar-refractivity contribution in [2.24, 2.45) is 0 Å². The maximum Gasteiger partial charge on any atom is 0.211 e. The molecule has 0 aromatic heterocycles. The lowest BCUT2D eigenvalue weighted by Crippen LogP contribution is -2.27. The Hall–Kier alpha value is -1.07. The first kappa shape index (κ1) is 13.0. The minimum Gasteiger partial charge on any atom is -0.497 e. The molecule has 0 atom stereocenters. The standard InChI is InChI=1S/C11H17NO3S/c1-3-16(13,14)12-8-7-10-5-4-6-11(9-10)15-2/h4-6,9,12H,3,7-8H2,1-2H3. The molecule has 0 heterocycles. The van der Waals surface area contributed by atoms with Gasteiger partial charge in [-0.05, 0) is 31.0 Å². The molecule has 0 spiro atoms. The summed E-state index contributed by atoms with van der Waals surface area (Å²) < 4.78 is 30.0. The van der Waals surface area contributed by atoms with Gasteiger partial charge in [-0.1, -0.05) is 12.1 Å². The fourth-order valence-corrected chi connectivity index (χ4v) is 1.90. The molecule has 1 N–H and O–H groups in total. The third kappa shape index (κ3) is 4.20. The molecule has 16 heavy (non-hydrogen) atoms. The van der Waals surface area contributed by atoms with Crippen LogP contribution in [0, 0.1) is 0 Å². The van der Waals surface area contributed by atoms with E-state index < -0.39 is 10.0 Å². The van der Waals surface area contributed by atoms with Crippen molar-refractivity contribution in [1.82, 2.24) is 4.72 Å². The van der Waals surface area contributed by atoms with Gasteiger partial charge in [-0.2, -0.15) is 0 Å². The van der Waals surface area contributed by atoms with Gasteiger partial charge in [0.2, 0.25) is 10.0 Å². The molecule has 0 aliphatic rings. The van der Waals surface area contributed by atoms with Crippen LogP contribution < -0.4 is 9.46 Å². The van der Waals surface area contributed by atoms with E-state index in [0.717, 1.165) is 11.3 Å². The van der Waals surface area contributed by atoms with E-state index in [0.29, 0.717) is 13.0 Å².